The number of amides is 1. The zero-order valence-corrected chi connectivity index (χ0v) is 14.6. The van der Waals surface area contributed by atoms with Crippen molar-refractivity contribution in [2.24, 2.45) is 0 Å². The fourth-order valence-corrected chi connectivity index (χ4v) is 3.85. The number of nitrogens with one attached hydrogen (secondary N) is 1. The van der Waals surface area contributed by atoms with Gasteiger partial charge in [-0.05, 0) is 37.5 Å². The van der Waals surface area contributed by atoms with E-state index in [1.165, 1.54) is 25.7 Å². The minimum absolute atomic E-state index is 0.0460. The normalized spacial score (nSPS) is 20.8. The summed E-state index contributed by atoms with van der Waals surface area (Å²) >= 11 is 6.00. The van der Waals surface area contributed by atoms with Crippen LogP contribution in [0.4, 0.5) is 5.69 Å². The highest BCUT2D eigenvalue weighted by atomic mass is 35.5. The van der Waals surface area contributed by atoms with E-state index >= 15 is 0 Å². The lowest BCUT2D eigenvalue weighted by Crippen LogP contribution is -2.51. The molecule has 5 heteroatoms. The van der Waals surface area contributed by atoms with Crippen LogP contribution >= 0.6 is 11.6 Å². The van der Waals surface area contributed by atoms with Crippen LogP contribution in [0.25, 0.3) is 0 Å². The van der Waals surface area contributed by atoms with Crippen molar-refractivity contribution >= 4 is 23.2 Å². The Labute approximate surface area is 143 Å². The first-order valence-corrected chi connectivity index (χ1v) is 9.02. The molecule has 0 atom stereocenters. The van der Waals surface area contributed by atoms with Gasteiger partial charge in [-0.1, -0.05) is 30.5 Å². The van der Waals surface area contributed by atoms with Crippen molar-refractivity contribution in [3.8, 4) is 0 Å². The van der Waals surface area contributed by atoms with Gasteiger partial charge in [-0.2, -0.15) is 0 Å². The molecule has 1 aliphatic heterocycles. The van der Waals surface area contributed by atoms with Crippen molar-refractivity contribution < 1.29 is 4.79 Å². The number of rotatable bonds is 4. The van der Waals surface area contributed by atoms with Gasteiger partial charge in [0.2, 0.25) is 5.91 Å². The molecule has 1 aromatic carbocycles. The van der Waals surface area contributed by atoms with Crippen molar-refractivity contribution in [1.82, 2.24) is 9.80 Å². The summed E-state index contributed by atoms with van der Waals surface area (Å²) in [5, 5.41) is 3.64. The summed E-state index contributed by atoms with van der Waals surface area (Å²) in [5.41, 5.74) is 1.85. The molecule has 1 N–H and O–H groups in total. The summed E-state index contributed by atoms with van der Waals surface area (Å²) in [4.78, 5) is 17.1. The number of piperazine rings is 1. The van der Waals surface area contributed by atoms with E-state index < -0.39 is 0 Å². The third-order valence-corrected chi connectivity index (χ3v) is 5.32. The van der Waals surface area contributed by atoms with Crippen LogP contribution in [0.15, 0.2) is 18.2 Å². The molecule has 23 heavy (non-hydrogen) atoms. The Morgan fingerprint density at radius 2 is 1.91 bits per heavy atom. The van der Waals surface area contributed by atoms with E-state index in [1.807, 2.05) is 25.1 Å². The van der Waals surface area contributed by atoms with Gasteiger partial charge in [-0.15, -0.1) is 0 Å². The van der Waals surface area contributed by atoms with Crippen LogP contribution in [-0.2, 0) is 4.79 Å². The van der Waals surface area contributed by atoms with E-state index in [-0.39, 0.29) is 5.91 Å². The molecule has 1 saturated carbocycles. The van der Waals surface area contributed by atoms with Crippen molar-refractivity contribution in [3.63, 3.8) is 0 Å². The lowest BCUT2D eigenvalue weighted by molar-refractivity contribution is -0.117. The molecule has 1 aromatic rings. The van der Waals surface area contributed by atoms with Gasteiger partial charge in [0.25, 0.3) is 0 Å². The van der Waals surface area contributed by atoms with Crippen molar-refractivity contribution in [2.45, 2.75) is 38.6 Å². The van der Waals surface area contributed by atoms with Gasteiger partial charge < -0.3 is 5.32 Å². The molecule has 1 heterocycles. The van der Waals surface area contributed by atoms with Gasteiger partial charge in [0.1, 0.15) is 0 Å². The predicted octanol–water partition coefficient (Wildman–Crippen LogP) is 3.15. The third kappa shape index (κ3) is 4.46. The van der Waals surface area contributed by atoms with E-state index in [2.05, 4.69) is 15.1 Å². The summed E-state index contributed by atoms with van der Waals surface area (Å²) < 4.78 is 0. The van der Waals surface area contributed by atoms with Gasteiger partial charge in [0.15, 0.2) is 0 Å². The molecule has 1 aliphatic carbocycles. The number of carbonyl (C=O) groups excluding carboxylic acids is 1. The second kappa shape index (κ2) is 7.65. The van der Waals surface area contributed by atoms with Crippen molar-refractivity contribution in [2.75, 3.05) is 38.0 Å². The molecular weight excluding hydrogens is 310 g/mol. The minimum atomic E-state index is 0.0460. The first-order valence-electron chi connectivity index (χ1n) is 8.64. The van der Waals surface area contributed by atoms with E-state index in [9.17, 15) is 4.79 Å². The predicted molar refractivity (Wildman–Crippen MR) is 95.1 cm³/mol. The summed E-state index contributed by atoms with van der Waals surface area (Å²) in [6.07, 6.45) is 5.47. The standard InChI is InChI=1S/C18H26ClN3O/c1-14-6-7-15(19)12-17(14)20-18(23)13-21-8-10-22(11-9-21)16-4-2-3-5-16/h6-7,12,16H,2-5,8-11,13H2,1H3,(H,20,23). The lowest BCUT2D eigenvalue weighted by atomic mass is 10.2. The number of hydrogen-bond acceptors (Lipinski definition) is 3. The summed E-state index contributed by atoms with van der Waals surface area (Å²) in [5.74, 6) is 0.0460. The molecule has 1 amide bonds. The second-order valence-corrected chi connectivity index (χ2v) is 7.19. The van der Waals surface area contributed by atoms with E-state index in [1.54, 1.807) is 0 Å². The highest BCUT2D eigenvalue weighted by molar-refractivity contribution is 6.31. The number of hydrogen-bond donors (Lipinski definition) is 1. The lowest BCUT2D eigenvalue weighted by Gasteiger charge is -2.37. The highest BCUT2D eigenvalue weighted by Crippen LogP contribution is 2.24. The summed E-state index contributed by atoms with van der Waals surface area (Å²) in [7, 11) is 0. The first kappa shape index (κ1) is 16.7. The van der Waals surface area contributed by atoms with Gasteiger partial charge >= 0.3 is 0 Å². The fourth-order valence-electron chi connectivity index (χ4n) is 3.68. The molecule has 2 fully saturated rings. The molecule has 0 unspecified atom stereocenters. The molecule has 0 aromatic heterocycles. The fraction of sp³-hybridized carbons (Fsp3) is 0.611. The smallest absolute Gasteiger partial charge is 0.238 e. The molecule has 0 bridgehead atoms. The number of benzene rings is 1. The Morgan fingerprint density at radius 3 is 2.61 bits per heavy atom. The van der Waals surface area contributed by atoms with E-state index in [0.717, 1.165) is 43.5 Å². The SMILES string of the molecule is Cc1ccc(Cl)cc1NC(=O)CN1CCN(C2CCCC2)CC1. The van der Waals surface area contributed by atoms with Crippen molar-refractivity contribution in [3.05, 3.63) is 28.8 Å². The molecule has 2 aliphatic rings. The van der Waals surface area contributed by atoms with Crippen LogP contribution in [0.1, 0.15) is 31.2 Å². The van der Waals surface area contributed by atoms with Crippen LogP contribution in [-0.4, -0.2) is 54.5 Å². The van der Waals surface area contributed by atoms with Gasteiger partial charge in [-0.3, -0.25) is 14.6 Å². The van der Waals surface area contributed by atoms with Gasteiger partial charge in [0.05, 0.1) is 6.54 Å². The van der Waals surface area contributed by atoms with Gasteiger partial charge in [-0.25, -0.2) is 0 Å². The van der Waals surface area contributed by atoms with E-state index in [4.69, 9.17) is 11.6 Å². The first-order chi connectivity index (χ1) is 11.1. The van der Waals surface area contributed by atoms with Crippen molar-refractivity contribution in [1.29, 1.82) is 0 Å². The average Bonchev–Trinajstić information content (AvgIpc) is 3.06. The quantitative estimate of drug-likeness (QED) is 0.918. The topological polar surface area (TPSA) is 35.6 Å². The zero-order chi connectivity index (χ0) is 16.2. The maximum Gasteiger partial charge on any atom is 0.238 e. The average molecular weight is 336 g/mol. The molecule has 0 spiro atoms. The largest absolute Gasteiger partial charge is 0.325 e. The molecule has 0 radical (unpaired) electrons. The molecular formula is C18H26ClN3O. The molecule has 126 valence electrons. The Bertz CT molecular complexity index is 549. The van der Waals surface area contributed by atoms with E-state index in [0.29, 0.717) is 11.6 Å². The second-order valence-electron chi connectivity index (χ2n) is 6.76. The number of nitrogens with zero attached hydrogens (tertiary/aromatic N) is 2. The summed E-state index contributed by atoms with van der Waals surface area (Å²) in [6, 6.07) is 6.38. The third-order valence-electron chi connectivity index (χ3n) is 5.09. The number of aryl methyl sites for hydroxylation is 1. The van der Waals surface area contributed by atoms with Crippen LogP contribution in [0, 0.1) is 6.92 Å². The number of carbonyl (C=O) groups is 1. The molecule has 3 rings (SSSR count). The Kier molecular flexibility index (Phi) is 5.57. The highest BCUT2D eigenvalue weighted by Gasteiger charge is 2.26. The summed E-state index contributed by atoms with van der Waals surface area (Å²) in [6.45, 7) is 6.59. The number of anilines is 1. The Morgan fingerprint density at radius 1 is 1.22 bits per heavy atom. The molecule has 1 saturated heterocycles. The zero-order valence-electron chi connectivity index (χ0n) is 13.9. The minimum Gasteiger partial charge on any atom is -0.325 e. The van der Waals surface area contributed by atoms with Crippen LogP contribution in [0.3, 0.4) is 0 Å². The monoisotopic (exact) mass is 335 g/mol. The molecule has 4 nitrogen and oxygen atoms in total. The maximum atomic E-state index is 12.3. The van der Waals surface area contributed by atoms with Crippen LogP contribution < -0.4 is 5.32 Å². The van der Waals surface area contributed by atoms with Crippen LogP contribution in [0.5, 0.6) is 0 Å². The van der Waals surface area contributed by atoms with Gasteiger partial charge in [0, 0.05) is 42.9 Å². The Balaban J connectivity index is 1.46. The van der Waals surface area contributed by atoms with Crippen LogP contribution in [0.2, 0.25) is 5.02 Å². The Hall–Kier alpha value is -1.10. The number of halogens is 1. The maximum absolute atomic E-state index is 12.3.